The smallest absolute Gasteiger partial charge is 0.309 e. The molecule has 182 valence electrons. The highest BCUT2D eigenvalue weighted by Crippen LogP contribution is 2.34. The SMILES string of the molecule is O=C(NCCc1ccccc1)C(=O)NC[C@H]1OCCCN1S(=O)(=O)c1ccc2c(c1)OCCO2. The predicted molar refractivity (Wildman–Crippen MR) is 122 cm³/mol. The van der Waals surface area contributed by atoms with Crippen LogP contribution in [0, 0.1) is 0 Å². The van der Waals surface area contributed by atoms with Crippen molar-refractivity contribution in [3.05, 3.63) is 54.1 Å². The molecule has 2 heterocycles. The molecule has 2 aliphatic heterocycles. The number of sulfonamides is 1. The highest BCUT2D eigenvalue weighted by Gasteiger charge is 2.35. The van der Waals surface area contributed by atoms with Crippen LogP contribution in [-0.2, 0) is 30.8 Å². The molecule has 2 amide bonds. The summed E-state index contributed by atoms with van der Waals surface area (Å²) in [5.74, 6) is -0.781. The lowest BCUT2D eigenvalue weighted by Gasteiger charge is -2.34. The first kappa shape index (κ1) is 24.0. The molecule has 0 aromatic heterocycles. The molecule has 34 heavy (non-hydrogen) atoms. The molecule has 0 aliphatic carbocycles. The van der Waals surface area contributed by atoms with E-state index in [0.717, 1.165) is 5.56 Å². The zero-order chi connectivity index (χ0) is 24.0. The van der Waals surface area contributed by atoms with Crippen LogP contribution in [0.4, 0.5) is 0 Å². The molecule has 0 saturated carbocycles. The van der Waals surface area contributed by atoms with Gasteiger partial charge in [0.15, 0.2) is 11.5 Å². The Labute approximate surface area is 198 Å². The summed E-state index contributed by atoms with van der Waals surface area (Å²) in [6.07, 6.45) is 0.162. The summed E-state index contributed by atoms with van der Waals surface area (Å²) in [4.78, 5) is 24.4. The van der Waals surface area contributed by atoms with Gasteiger partial charge < -0.3 is 24.8 Å². The minimum absolute atomic E-state index is 0.0391. The lowest BCUT2D eigenvalue weighted by atomic mass is 10.1. The first-order chi connectivity index (χ1) is 16.4. The van der Waals surface area contributed by atoms with Crippen molar-refractivity contribution in [3.63, 3.8) is 0 Å². The van der Waals surface area contributed by atoms with E-state index in [1.165, 1.54) is 16.4 Å². The first-order valence-electron chi connectivity index (χ1n) is 11.1. The molecule has 1 saturated heterocycles. The van der Waals surface area contributed by atoms with Crippen molar-refractivity contribution in [2.75, 3.05) is 39.5 Å². The van der Waals surface area contributed by atoms with Gasteiger partial charge in [-0.2, -0.15) is 4.31 Å². The van der Waals surface area contributed by atoms with Crippen molar-refractivity contribution >= 4 is 21.8 Å². The largest absolute Gasteiger partial charge is 0.486 e. The van der Waals surface area contributed by atoms with Crippen LogP contribution in [0.15, 0.2) is 53.4 Å². The highest BCUT2D eigenvalue weighted by molar-refractivity contribution is 7.89. The Balaban J connectivity index is 1.34. The molecule has 2 aromatic carbocycles. The summed E-state index contributed by atoms with van der Waals surface area (Å²) in [5.41, 5.74) is 1.04. The number of nitrogens with one attached hydrogen (secondary N) is 2. The number of hydrogen-bond donors (Lipinski definition) is 2. The molecule has 11 heteroatoms. The van der Waals surface area contributed by atoms with Crippen molar-refractivity contribution in [2.24, 2.45) is 0 Å². The van der Waals surface area contributed by atoms with Crippen molar-refractivity contribution in [1.29, 1.82) is 0 Å². The molecule has 4 rings (SSSR count). The quantitative estimate of drug-likeness (QED) is 0.548. The molecule has 0 radical (unpaired) electrons. The van der Waals surface area contributed by atoms with Crippen molar-refractivity contribution in [1.82, 2.24) is 14.9 Å². The summed E-state index contributed by atoms with van der Waals surface area (Å²) in [7, 11) is -3.94. The molecule has 2 N–H and O–H groups in total. The molecular formula is C23H27N3O7S. The minimum Gasteiger partial charge on any atom is -0.486 e. The van der Waals surface area contributed by atoms with E-state index < -0.39 is 28.1 Å². The van der Waals surface area contributed by atoms with Gasteiger partial charge in [0.05, 0.1) is 18.0 Å². The minimum atomic E-state index is -3.94. The Bertz CT molecular complexity index is 1120. The average molecular weight is 490 g/mol. The van der Waals surface area contributed by atoms with Gasteiger partial charge in [-0.05, 0) is 30.5 Å². The van der Waals surface area contributed by atoms with Crippen molar-refractivity contribution < 1.29 is 32.2 Å². The summed E-state index contributed by atoms with van der Waals surface area (Å²) in [5, 5.41) is 5.04. The van der Waals surface area contributed by atoms with Gasteiger partial charge in [0.2, 0.25) is 10.0 Å². The molecule has 1 atom stereocenters. The van der Waals surface area contributed by atoms with E-state index in [-0.39, 0.29) is 18.0 Å². The van der Waals surface area contributed by atoms with Crippen molar-refractivity contribution in [3.8, 4) is 11.5 Å². The topological polar surface area (TPSA) is 123 Å². The van der Waals surface area contributed by atoms with Crippen LogP contribution in [0.2, 0.25) is 0 Å². The monoisotopic (exact) mass is 489 g/mol. The number of fused-ring (bicyclic) bond motifs is 1. The Hall–Kier alpha value is -3.15. The molecule has 0 spiro atoms. The maximum Gasteiger partial charge on any atom is 0.309 e. The number of carbonyl (C=O) groups is 2. The molecule has 10 nitrogen and oxygen atoms in total. The Kier molecular flexibility index (Phi) is 7.66. The average Bonchev–Trinajstić information content (AvgIpc) is 2.87. The van der Waals surface area contributed by atoms with Gasteiger partial charge in [-0.3, -0.25) is 9.59 Å². The Morgan fingerprint density at radius 1 is 0.941 bits per heavy atom. The number of rotatable bonds is 7. The second kappa shape index (κ2) is 10.9. The molecule has 2 aliphatic rings. The van der Waals surface area contributed by atoms with Gasteiger partial charge in [0.1, 0.15) is 19.4 Å². The number of hydrogen-bond acceptors (Lipinski definition) is 7. The molecule has 0 unspecified atom stereocenters. The number of ether oxygens (including phenoxy) is 3. The van der Waals surface area contributed by atoms with Crippen LogP contribution in [0.25, 0.3) is 0 Å². The maximum absolute atomic E-state index is 13.3. The number of benzene rings is 2. The van der Waals surface area contributed by atoms with Crippen LogP contribution in [0.1, 0.15) is 12.0 Å². The highest BCUT2D eigenvalue weighted by atomic mass is 32.2. The van der Waals surface area contributed by atoms with Gasteiger partial charge >= 0.3 is 11.8 Å². The van der Waals surface area contributed by atoms with Gasteiger partial charge in [0, 0.05) is 19.2 Å². The van der Waals surface area contributed by atoms with Gasteiger partial charge in [-0.25, -0.2) is 8.42 Å². The zero-order valence-electron chi connectivity index (χ0n) is 18.6. The Morgan fingerprint density at radius 2 is 1.68 bits per heavy atom. The van der Waals surface area contributed by atoms with Crippen molar-refractivity contribution in [2.45, 2.75) is 24.0 Å². The summed E-state index contributed by atoms with van der Waals surface area (Å²) < 4.78 is 44.4. The summed E-state index contributed by atoms with van der Waals surface area (Å²) in [6, 6.07) is 14.0. The van der Waals surface area contributed by atoms with Gasteiger partial charge in [0.25, 0.3) is 0 Å². The van der Waals surface area contributed by atoms with Crippen LogP contribution < -0.4 is 20.1 Å². The lowest BCUT2D eigenvalue weighted by Crippen LogP contribution is -2.53. The van der Waals surface area contributed by atoms with E-state index in [1.54, 1.807) is 6.07 Å². The number of carbonyl (C=O) groups excluding carboxylic acids is 2. The lowest BCUT2D eigenvalue weighted by molar-refractivity contribution is -0.140. The van der Waals surface area contributed by atoms with Crippen LogP contribution in [0.5, 0.6) is 11.5 Å². The van der Waals surface area contributed by atoms with Gasteiger partial charge in [-0.15, -0.1) is 0 Å². The normalized spacial score (nSPS) is 18.2. The third-order valence-electron chi connectivity index (χ3n) is 5.46. The van der Waals surface area contributed by atoms with Gasteiger partial charge in [-0.1, -0.05) is 30.3 Å². The summed E-state index contributed by atoms with van der Waals surface area (Å²) >= 11 is 0. The van der Waals surface area contributed by atoms with Crippen LogP contribution >= 0.6 is 0 Å². The first-order valence-corrected chi connectivity index (χ1v) is 12.5. The van der Waals surface area contributed by atoms with E-state index in [9.17, 15) is 18.0 Å². The number of nitrogens with zero attached hydrogens (tertiary/aromatic N) is 1. The molecular weight excluding hydrogens is 462 g/mol. The van der Waals surface area contributed by atoms with Crippen LogP contribution in [-0.4, -0.2) is 70.2 Å². The molecule has 2 aromatic rings. The number of amides is 2. The maximum atomic E-state index is 13.3. The molecule has 0 bridgehead atoms. The Morgan fingerprint density at radius 3 is 2.47 bits per heavy atom. The van der Waals surface area contributed by atoms with E-state index in [1.807, 2.05) is 30.3 Å². The standard InChI is InChI=1S/C23H27N3O7S/c27-22(24-10-9-17-5-2-1-3-6-17)23(28)25-16-21-26(11-4-12-33-21)34(29,30)18-7-8-19-20(15-18)32-14-13-31-19/h1-3,5-8,15,21H,4,9-14,16H2,(H,24,27)(H,25,28)/t21-/m1/s1. The van der Waals surface area contributed by atoms with E-state index in [2.05, 4.69) is 10.6 Å². The van der Waals surface area contributed by atoms with Crippen LogP contribution in [0.3, 0.4) is 0 Å². The second-order valence-electron chi connectivity index (χ2n) is 7.80. The third kappa shape index (κ3) is 5.66. The second-order valence-corrected chi connectivity index (χ2v) is 9.69. The fourth-order valence-corrected chi connectivity index (χ4v) is 5.31. The van der Waals surface area contributed by atoms with E-state index >= 15 is 0 Å². The van der Waals surface area contributed by atoms with E-state index in [4.69, 9.17) is 14.2 Å². The predicted octanol–water partition coefficient (Wildman–Crippen LogP) is 0.670. The summed E-state index contributed by atoms with van der Waals surface area (Å²) in [6.45, 7) is 1.46. The molecule has 1 fully saturated rings. The fraction of sp³-hybridized carbons (Fsp3) is 0.391. The third-order valence-corrected chi connectivity index (χ3v) is 7.34. The fourth-order valence-electron chi connectivity index (χ4n) is 3.73. The van der Waals surface area contributed by atoms with E-state index in [0.29, 0.717) is 50.7 Å². The zero-order valence-corrected chi connectivity index (χ0v) is 19.4.